The molecule has 2 heterocycles. The molecule has 0 saturated carbocycles. The van der Waals surface area contributed by atoms with Crippen LogP contribution in [-0.4, -0.2) is 38.8 Å². The first kappa shape index (κ1) is 19.4. The Morgan fingerprint density at radius 1 is 1.26 bits per heavy atom. The Labute approximate surface area is 163 Å². The van der Waals surface area contributed by atoms with Crippen molar-refractivity contribution in [3.63, 3.8) is 0 Å². The lowest BCUT2D eigenvalue weighted by molar-refractivity contribution is 0.0795. The number of halogens is 1. The van der Waals surface area contributed by atoms with Crippen molar-refractivity contribution < 1.29 is 4.79 Å². The molecule has 7 heteroatoms. The molecule has 0 aliphatic carbocycles. The maximum atomic E-state index is 12.7. The fourth-order valence-electron chi connectivity index (χ4n) is 3.56. The van der Waals surface area contributed by atoms with Gasteiger partial charge in [-0.2, -0.15) is 0 Å². The number of H-pyrrole nitrogens is 1. The molecular weight excluding hydrogens is 364 g/mol. The molecule has 6 nitrogen and oxygen atoms in total. The summed E-state index contributed by atoms with van der Waals surface area (Å²) >= 11 is 6.48. The smallest absolute Gasteiger partial charge is 0.274 e. The van der Waals surface area contributed by atoms with E-state index in [1.807, 2.05) is 11.3 Å². The van der Waals surface area contributed by atoms with Crippen LogP contribution in [0.4, 0.5) is 0 Å². The monoisotopic (exact) mass is 388 g/mol. The van der Waals surface area contributed by atoms with Gasteiger partial charge in [-0.25, -0.2) is 4.98 Å². The van der Waals surface area contributed by atoms with E-state index in [-0.39, 0.29) is 17.4 Å². The summed E-state index contributed by atoms with van der Waals surface area (Å²) in [6.07, 6.45) is 4.32. The Balaban J connectivity index is 2.27. The first-order chi connectivity index (χ1) is 12.9. The number of nitrogens with one attached hydrogen (secondary N) is 1. The fourth-order valence-corrected chi connectivity index (χ4v) is 3.80. The van der Waals surface area contributed by atoms with Crippen LogP contribution in [0.15, 0.2) is 23.1 Å². The largest absolute Gasteiger partial charge is 0.342 e. The number of hydrogen-bond acceptors (Lipinski definition) is 3. The van der Waals surface area contributed by atoms with Crippen molar-refractivity contribution in [2.75, 3.05) is 13.6 Å². The van der Waals surface area contributed by atoms with Crippen LogP contribution in [0.3, 0.4) is 0 Å². The molecule has 0 fully saturated rings. The third-order valence-electron chi connectivity index (χ3n) is 5.08. The number of aromatic amines is 1. The van der Waals surface area contributed by atoms with E-state index in [9.17, 15) is 9.59 Å². The topological polar surface area (TPSA) is 70.5 Å². The fraction of sp³-hybridized carbons (Fsp3) is 0.450. The van der Waals surface area contributed by atoms with Gasteiger partial charge in [0.15, 0.2) is 0 Å². The number of amides is 1. The number of carbonyl (C=O) groups excluding carboxylic acids is 1. The molecule has 0 radical (unpaired) electrons. The molecule has 27 heavy (non-hydrogen) atoms. The van der Waals surface area contributed by atoms with Gasteiger partial charge < -0.3 is 9.88 Å². The highest BCUT2D eigenvalue weighted by molar-refractivity contribution is 6.34. The Morgan fingerprint density at radius 2 is 1.96 bits per heavy atom. The van der Waals surface area contributed by atoms with E-state index in [0.29, 0.717) is 28.2 Å². The standard InChI is InChI=1S/C20H25ClN4O2/c1-5-8-24(4)20(27)13-9-15-16(10-14(13)21)25-17(19(26)23-15)11-22-18(25)12(6-2)7-3/h9-12H,5-8H2,1-4H3,(H,23,26). The molecule has 1 aromatic carbocycles. The van der Waals surface area contributed by atoms with E-state index < -0.39 is 0 Å². The highest BCUT2D eigenvalue weighted by Gasteiger charge is 2.20. The number of rotatable bonds is 6. The summed E-state index contributed by atoms with van der Waals surface area (Å²) in [4.78, 5) is 34.3. The summed E-state index contributed by atoms with van der Waals surface area (Å²) in [5.74, 6) is 0.938. The average Bonchev–Trinajstić information content (AvgIpc) is 3.08. The third kappa shape index (κ3) is 3.34. The third-order valence-corrected chi connectivity index (χ3v) is 5.40. The Bertz CT molecular complexity index is 1050. The minimum Gasteiger partial charge on any atom is -0.342 e. The Hall–Kier alpha value is -2.34. The van der Waals surface area contributed by atoms with Crippen molar-refractivity contribution in [3.05, 3.63) is 45.1 Å². The van der Waals surface area contributed by atoms with Gasteiger partial charge in [0.25, 0.3) is 11.5 Å². The molecule has 0 unspecified atom stereocenters. The number of imidazole rings is 1. The highest BCUT2D eigenvalue weighted by Crippen LogP contribution is 2.28. The molecule has 3 rings (SSSR count). The lowest BCUT2D eigenvalue weighted by Gasteiger charge is -2.18. The first-order valence-corrected chi connectivity index (χ1v) is 9.78. The van der Waals surface area contributed by atoms with E-state index in [2.05, 4.69) is 23.8 Å². The summed E-state index contributed by atoms with van der Waals surface area (Å²) in [5, 5.41) is 0.369. The molecule has 3 aromatic rings. The van der Waals surface area contributed by atoms with Crippen LogP contribution in [-0.2, 0) is 0 Å². The average molecular weight is 389 g/mol. The molecule has 1 N–H and O–H groups in total. The zero-order valence-electron chi connectivity index (χ0n) is 16.2. The van der Waals surface area contributed by atoms with Crippen LogP contribution >= 0.6 is 11.6 Å². The van der Waals surface area contributed by atoms with Gasteiger partial charge in [-0.1, -0.05) is 32.4 Å². The quantitative estimate of drug-likeness (QED) is 0.687. The second kappa shape index (κ2) is 7.72. The predicted octanol–water partition coefficient (Wildman–Crippen LogP) is 4.21. The van der Waals surface area contributed by atoms with E-state index in [0.717, 1.165) is 30.6 Å². The molecule has 0 spiro atoms. The zero-order chi connectivity index (χ0) is 19.7. The van der Waals surface area contributed by atoms with Gasteiger partial charge in [-0.05, 0) is 31.4 Å². The van der Waals surface area contributed by atoms with Gasteiger partial charge in [0.1, 0.15) is 11.3 Å². The van der Waals surface area contributed by atoms with Gasteiger partial charge in [0.05, 0.1) is 27.8 Å². The van der Waals surface area contributed by atoms with Crippen molar-refractivity contribution in [2.24, 2.45) is 0 Å². The first-order valence-electron chi connectivity index (χ1n) is 9.41. The molecule has 144 valence electrons. The molecule has 2 aromatic heterocycles. The Kier molecular flexibility index (Phi) is 5.56. The number of fused-ring (bicyclic) bond motifs is 3. The van der Waals surface area contributed by atoms with Crippen LogP contribution in [0.5, 0.6) is 0 Å². The minimum absolute atomic E-state index is 0.157. The summed E-state index contributed by atoms with van der Waals surface area (Å²) in [5.41, 5.74) is 1.98. The zero-order valence-corrected chi connectivity index (χ0v) is 16.9. The van der Waals surface area contributed by atoms with Crippen molar-refractivity contribution in [1.29, 1.82) is 0 Å². The van der Waals surface area contributed by atoms with E-state index in [4.69, 9.17) is 11.6 Å². The van der Waals surface area contributed by atoms with E-state index >= 15 is 0 Å². The minimum atomic E-state index is -0.227. The van der Waals surface area contributed by atoms with Crippen molar-refractivity contribution in [3.8, 4) is 0 Å². The summed E-state index contributed by atoms with van der Waals surface area (Å²) in [7, 11) is 1.75. The van der Waals surface area contributed by atoms with Crippen LogP contribution in [0.1, 0.15) is 62.1 Å². The van der Waals surface area contributed by atoms with E-state index in [1.165, 1.54) is 0 Å². The lowest BCUT2D eigenvalue weighted by Crippen LogP contribution is -2.27. The maximum Gasteiger partial charge on any atom is 0.274 e. The normalized spacial score (nSPS) is 11.6. The molecule has 0 atom stereocenters. The van der Waals surface area contributed by atoms with Gasteiger partial charge in [0, 0.05) is 19.5 Å². The van der Waals surface area contributed by atoms with Crippen LogP contribution in [0.2, 0.25) is 5.02 Å². The van der Waals surface area contributed by atoms with Gasteiger partial charge in [-0.15, -0.1) is 0 Å². The highest BCUT2D eigenvalue weighted by atomic mass is 35.5. The second-order valence-corrected chi connectivity index (χ2v) is 7.29. The second-order valence-electron chi connectivity index (χ2n) is 6.88. The Morgan fingerprint density at radius 3 is 2.59 bits per heavy atom. The molecule has 0 bridgehead atoms. The maximum absolute atomic E-state index is 12.7. The number of benzene rings is 1. The van der Waals surface area contributed by atoms with Gasteiger partial charge in [-0.3, -0.25) is 14.0 Å². The molecule has 0 aliphatic rings. The van der Waals surface area contributed by atoms with E-state index in [1.54, 1.807) is 30.3 Å². The SMILES string of the molecule is CCCN(C)C(=O)c1cc2[nH]c(=O)c3cnc(C(CC)CC)n3c2cc1Cl. The van der Waals surface area contributed by atoms with Crippen LogP contribution in [0.25, 0.3) is 16.6 Å². The summed E-state index contributed by atoms with van der Waals surface area (Å²) < 4.78 is 1.88. The number of aromatic nitrogens is 3. The predicted molar refractivity (Wildman–Crippen MR) is 109 cm³/mol. The lowest BCUT2D eigenvalue weighted by atomic mass is 10.0. The van der Waals surface area contributed by atoms with Crippen LogP contribution < -0.4 is 5.56 Å². The van der Waals surface area contributed by atoms with Crippen molar-refractivity contribution >= 4 is 34.1 Å². The molecule has 0 saturated heterocycles. The molecule has 0 aliphatic heterocycles. The number of carbonyl (C=O) groups is 1. The summed E-state index contributed by atoms with van der Waals surface area (Å²) in [6.45, 7) is 6.87. The van der Waals surface area contributed by atoms with Crippen molar-refractivity contribution in [2.45, 2.75) is 46.0 Å². The van der Waals surface area contributed by atoms with Crippen molar-refractivity contribution in [1.82, 2.24) is 19.3 Å². The number of nitrogens with zero attached hydrogens (tertiary/aromatic N) is 3. The van der Waals surface area contributed by atoms with Gasteiger partial charge >= 0.3 is 0 Å². The van der Waals surface area contributed by atoms with Crippen LogP contribution in [0, 0.1) is 0 Å². The van der Waals surface area contributed by atoms with Gasteiger partial charge in [0.2, 0.25) is 0 Å². The molecular formula is C20H25ClN4O2. The summed E-state index contributed by atoms with van der Waals surface area (Å²) in [6, 6.07) is 3.42. The molecule has 1 amide bonds. The number of hydrogen-bond donors (Lipinski definition) is 1.